The second kappa shape index (κ2) is 6.41. The molecule has 0 radical (unpaired) electrons. The van der Waals surface area contributed by atoms with Crippen molar-refractivity contribution in [2.45, 2.75) is 57.7 Å². The van der Waals surface area contributed by atoms with E-state index in [9.17, 15) is 4.79 Å². The van der Waals surface area contributed by atoms with E-state index in [0.717, 1.165) is 52.0 Å². The van der Waals surface area contributed by atoms with E-state index >= 15 is 0 Å². The van der Waals surface area contributed by atoms with E-state index in [0.29, 0.717) is 12.1 Å². The molecule has 0 aromatic heterocycles. The highest BCUT2D eigenvalue weighted by Gasteiger charge is 2.45. The summed E-state index contributed by atoms with van der Waals surface area (Å²) in [4.78, 5) is 16.9. The molecule has 20 heavy (non-hydrogen) atoms. The van der Waals surface area contributed by atoms with E-state index in [1.165, 1.54) is 0 Å². The molecule has 0 bridgehead atoms. The summed E-state index contributed by atoms with van der Waals surface area (Å²) in [6, 6.07) is 1.14. The molecule has 1 saturated heterocycles. The molecule has 5 heteroatoms. The normalized spacial score (nSPS) is 32.9. The summed E-state index contributed by atoms with van der Waals surface area (Å²) in [5.74, 6) is -0.178. The molecule has 5 nitrogen and oxygen atoms in total. The Kier molecular flexibility index (Phi) is 5.04. The van der Waals surface area contributed by atoms with Crippen molar-refractivity contribution >= 4 is 5.91 Å². The minimum atomic E-state index is -0.464. The molecule has 2 aliphatic rings. The van der Waals surface area contributed by atoms with Crippen molar-refractivity contribution in [2.75, 3.05) is 32.7 Å². The lowest BCUT2D eigenvalue weighted by Gasteiger charge is -2.40. The van der Waals surface area contributed by atoms with Gasteiger partial charge in [0.05, 0.1) is 5.54 Å². The van der Waals surface area contributed by atoms with Gasteiger partial charge in [-0.1, -0.05) is 6.92 Å². The minimum Gasteiger partial charge on any atom is -0.368 e. The van der Waals surface area contributed by atoms with Crippen molar-refractivity contribution < 1.29 is 4.79 Å². The summed E-state index contributed by atoms with van der Waals surface area (Å²) in [6.45, 7) is 11.9. The molecule has 116 valence electrons. The van der Waals surface area contributed by atoms with Gasteiger partial charge in [-0.15, -0.1) is 0 Å². The Labute approximate surface area is 122 Å². The molecular weight excluding hydrogens is 252 g/mol. The van der Waals surface area contributed by atoms with Gasteiger partial charge >= 0.3 is 0 Å². The van der Waals surface area contributed by atoms with Crippen LogP contribution in [0.15, 0.2) is 0 Å². The Morgan fingerprint density at radius 1 is 1.35 bits per heavy atom. The molecule has 1 aliphatic heterocycles. The van der Waals surface area contributed by atoms with Crippen LogP contribution in [0.3, 0.4) is 0 Å². The molecule has 2 atom stereocenters. The molecule has 1 amide bonds. The van der Waals surface area contributed by atoms with E-state index in [2.05, 4.69) is 29.0 Å². The molecule has 1 aliphatic carbocycles. The van der Waals surface area contributed by atoms with Crippen LogP contribution in [0.5, 0.6) is 0 Å². The Balaban J connectivity index is 1.91. The van der Waals surface area contributed by atoms with E-state index in [1.54, 1.807) is 0 Å². The number of piperazine rings is 1. The Bertz CT molecular complexity index is 339. The Morgan fingerprint density at radius 2 is 2.00 bits per heavy atom. The maximum absolute atomic E-state index is 11.8. The van der Waals surface area contributed by atoms with Gasteiger partial charge in [-0.25, -0.2) is 0 Å². The minimum absolute atomic E-state index is 0.178. The van der Waals surface area contributed by atoms with Gasteiger partial charge in [0, 0.05) is 38.3 Å². The van der Waals surface area contributed by atoms with Crippen molar-refractivity contribution in [3.05, 3.63) is 0 Å². The van der Waals surface area contributed by atoms with Gasteiger partial charge in [-0.3, -0.25) is 14.6 Å². The lowest BCUT2D eigenvalue weighted by Crippen LogP contribution is -2.56. The van der Waals surface area contributed by atoms with E-state index in [4.69, 9.17) is 5.73 Å². The van der Waals surface area contributed by atoms with Crippen molar-refractivity contribution in [3.63, 3.8) is 0 Å². The predicted molar refractivity (Wildman–Crippen MR) is 81.5 cm³/mol. The smallest absolute Gasteiger partial charge is 0.237 e. The molecule has 0 spiro atoms. The van der Waals surface area contributed by atoms with E-state index < -0.39 is 5.54 Å². The average molecular weight is 282 g/mol. The first-order valence-corrected chi connectivity index (χ1v) is 8.01. The molecule has 2 rings (SSSR count). The molecule has 0 aromatic rings. The highest BCUT2D eigenvalue weighted by Crippen LogP contribution is 2.33. The second-order valence-corrected chi connectivity index (χ2v) is 6.54. The first-order chi connectivity index (χ1) is 9.48. The predicted octanol–water partition coefficient (Wildman–Crippen LogP) is 0.399. The number of nitrogens with two attached hydrogens (primary N) is 1. The monoisotopic (exact) mass is 282 g/mol. The third-order valence-electron chi connectivity index (χ3n) is 5.07. The number of nitrogens with one attached hydrogen (secondary N) is 1. The summed E-state index contributed by atoms with van der Waals surface area (Å²) in [7, 11) is 0. The van der Waals surface area contributed by atoms with Crippen molar-refractivity contribution in [1.29, 1.82) is 0 Å². The fourth-order valence-corrected chi connectivity index (χ4v) is 3.76. The largest absolute Gasteiger partial charge is 0.368 e. The van der Waals surface area contributed by atoms with Crippen LogP contribution in [0, 0.1) is 0 Å². The van der Waals surface area contributed by atoms with Gasteiger partial charge in [0.2, 0.25) is 5.91 Å². The zero-order valence-corrected chi connectivity index (χ0v) is 13.2. The zero-order chi connectivity index (χ0) is 14.8. The number of nitrogens with zero attached hydrogens (tertiary/aromatic N) is 2. The van der Waals surface area contributed by atoms with Crippen LogP contribution in [-0.2, 0) is 4.79 Å². The molecule has 2 unspecified atom stereocenters. The SMILES string of the molecule is CCNC1(C(N)=O)CCC(N2CCN(C(C)C)CC2)C1. The van der Waals surface area contributed by atoms with Crippen LogP contribution in [0.2, 0.25) is 0 Å². The molecule has 0 aromatic carbocycles. The maximum Gasteiger partial charge on any atom is 0.237 e. The number of hydrogen-bond donors (Lipinski definition) is 2. The number of carbonyl (C=O) groups excluding carboxylic acids is 1. The van der Waals surface area contributed by atoms with Crippen LogP contribution in [0.25, 0.3) is 0 Å². The van der Waals surface area contributed by atoms with Gasteiger partial charge in [0.1, 0.15) is 0 Å². The van der Waals surface area contributed by atoms with Gasteiger partial charge < -0.3 is 11.1 Å². The number of likely N-dealkylation sites (N-methyl/N-ethyl adjacent to an activating group) is 1. The molecular formula is C15H30N4O. The van der Waals surface area contributed by atoms with Crippen LogP contribution < -0.4 is 11.1 Å². The summed E-state index contributed by atoms with van der Waals surface area (Å²) in [5.41, 5.74) is 5.18. The van der Waals surface area contributed by atoms with Gasteiger partial charge in [-0.05, 0) is 39.7 Å². The second-order valence-electron chi connectivity index (χ2n) is 6.54. The summed E-state index contributed by atoms with van der Waals surface area (Å²) in [5, 5.41) is 3.34. The van der Waals surface area contributed by atoms with Crippen LogP contribution in [0.1, 0.15) is 40.0 Å². The van der Waals surface area contributed by atoms with Crippen LogP contribution >= 0.6 is 0 Å². The molecule has 2 fully saturated rings. The van der Waals surface area contributed by atoms with Crippen molar-refractivity contribution in [1.82, 2.24) is 15.1 Å². The fourth-order valence-electron chi connectivity index (χ4n) is 3.76. The number of carbonyl (C=O) groups is 1. The van der Waals surface area contributed by atoms with Crippen molar-refractivity contribution in [3.8, 4) is 0 Å². The van der Waals surface area contributed by atoms with E-state index in [-0.39, 0.29) is 5.91 Å². The lowest BCUT2D eigenvalue weighted by molar-refractivity contribution is -0.124. The standard InChI is InChI=1S/C15H30N4O/c1-4-17-15(14(16)20)6-5-13(11-15)19-9-7-18(8-10-19)12(2)3/h12-13,17H,4-11H2,1-3H3,(H2,16,20). The number of amides is 1. The summed E-state index contributed by atoms with van der Waals surface area (Å²) in [6.07, 6.45) is 2.83. The maximum atomic E-state index is 11.8. The highest BCUT2D eigenvalue weighted by molar-refractivity contribution is 5.85. The van der Waals surface area contributed by atoms with Gasteiger partial charge in [-0.2, -0.15) is 0 Å². The molecule has 3 N–H and O–H groups in total. The first-order valence-electron chi connectivity index (χ1n) is 8.01. The average Bonchev–Trinajstić information content (AvgIpc) is 2.85. The quantitative estimate of drug-likeness (QED) is 0.766. The Hall–Kier alpha value is -0.650. The number of rotatable bonds is 5. The van der Waals surface area contributed by atoms with Crippen LogP contribution in [0.4, 0.5) is 0 Å². The van der Waals surface area contributed by atoms with Crippen LogP contribution in [-0.4, -0.2) is 66.1 Å². The molecule has 1 heterocycles. The topological polar surface area (TPSA) is 61.6 Å². The van der Waals surface area contributed by atoms with E-state index in [1.807, 2.05) is 6.92 Å². The third kappa shape index (κ3) is 3.15. The van der Waals surface area contributed by atoms with Crippen molar-refractivity contribution in [2.24, 2.45) is 5.73 Å². The summed E-state index contributed by atoms with van der Waals surface area (Å²) >= 11 is 0. The Morgan fingerprint density at radius 3 is 2.50 bits per heavy atom. The van der Waals surface area contributed by atoms with Gasteiger partial charge in [0.15, 0.2) is 0 Å². The fraction of sp³-hybridized carbons (Fsp3) is 0.933. The third-order valence-corrected chi connectivity index (χ3v) is 5.07. The number of hydrogen-bond acceptors (Lipinski definition) is 4. The summed E-state index contributed by atoms with van der Waals surface area (Å²) < 4.78 is 0. The zero-order valence-electron chi connectivity index (χ0n) is 13.2. The van der Waals surface area contributed by atoms with Gasteiger partial charge in [0.25, 0.3) is 0 Å². The highest BCUT2D eigenvalue weighted by atomic mass is 16.1. The molecule has 1 saturated carbocycles. The number of primary amides is 1. The lowest BCUT2D eigenvalue weighted by atomic mass is 9.96. The first kappa shape index (κ1) is 15.7.